The first-order valence-corrected chi connectivity index (χ1v) is 5.93. The van der Waals surface area contributed by atoms with Crippen LogP contribution >= 0.6 is 0 Å². The minimum absolute atomic E-state index is 0.0359. The van der Waals surface area contributed by atoms with Gasteiger partial charge in [-0.1, -0.05) is 0 Å². The molecule has 0 atom stereocenters. The van der Waals surface area contributed by atoms with Crippen LogP contribution in [-0.4, -0.2) is 46.5 Å². The number of rotatable bonds is 5. The molecule has 0 saturated heterocycles. The second-order valence-corrected chi connectivity index (χ2v) is 3.83. The van der Waals surface area contributed by atoms with Gasteiger partial charge in [0.25, 0.3) is 0 Å². The minimum atomic E-state index is -0.483. The Balaban J connectivity index is 2.93. The average Bonchev–Trinajstić information content (AvgIpc) is 2.72. The number of imidazole rings is 1. The third-order valence-electron chi connectivity index (χ3n) is 2.86. The van der Waals surface area contributed by atoms with Crippen molar-refractivity contribution in [1.82, 2.24) is 14.5 Å². The fourth-order valence-corrected chi connectivity index (χ4v) is 1.75. The summed E-state index contributed by atoms with van der Waals surface area (Å²) in [6.45, 7) is 7.00. The zero-order valence-electron chi connectivity index (χ0n) is 11.3. The number of esters is 1. The van der Waals surface area contributed by atoms with Crippen molar-refractivity contribution in [3.63, 3.8) is 0 Å². The van der Waals surface area contributed by atoms with E-state index < -0.39 is 5.97 Å². The smallest absolute Gasteiger partial charge is 0.356 e. The number of aryl methyl sites for hydroxylation is 1. The van der Waals surface area contributed by atoms with E-state index in [1.807, 2.05) is 13.8 Å². The minimum Gasteiger partial charge on any atom is -0.464 e. The van der Waals surface area contributed by atoms with Crippen LogP contribution in [0, 0.1) is 6.92 Å². The summed E-state index contributed by atoms with van der Waals surface area (Å²) in [4.78, 5) is 29.3. The quantitative estimate of drug-likeness (QED) is 0.730. The Kier molecular flexibility index (Phi) is 4.88. The predicted molar refractivity (Wildman–Crippen MR) is 66.2 cm³/mol. The predicted octanol–water partition coefficient (Wildman–Crippen LogP) is 0.847. The van der Waals surface area contributed by atoms with Crippen molar-refractivity contribution in [2.75, 3.05) is 20.2 Å². The van der Waals surface area contributed by atoms with Crippen molar-refractivity contribution in [1.29, 1.82) is 0 Å². The zero-order chi connectivity index (χ0) is 13.7. The number of methoxy groups -OCH3 is 1. The van der Waals surface area contributed by atoms with Crippen LogP contribution < -0.4 is 0 Å². The van der Waals surface area contributed by atoms with Crippen LogP contribution in [0.2, 0.25) is 0 Å². The summed E-state index contributed by atoms with van der Waals surface area (Å²) in [6, 6.07) is 0. The lowest BCUT2D eigenvalue weighted by Gasteiger charge is -2.19. The molecule has 0 bridgehead atoms. The van der Waals surface area contributed by atoms with Crippen molar-refractivity contribution in [2.24, 2.45) is 0 Å². The summed E-state index contributed by atoms with van der Waals surface area (Å²) in [5.41, 5.74) is 0.301. The van der Waals surface area contributed by atoms with E-state index in [9.17, 15) is 9.59 Å². The third kappa shape index (κ3) is 2.88. The highest BCUT2D eigenvalue weighted by Gasteiger charge is 2.18. The Morgan fingerprint density at radius 2 is 2.00 bits per heavy atom. The molecule has 0 unspecified atom stereocenters. The summed E-state index contributed by atoms with van der Waals surface area (Å²) in [5.74, 6) is 0.102. The van der Waals surface area contributed by atoms with Crippen molar-refractivity contribution in [2.45, 2.75) is 27.3 Å². The van der Waals surface area contributed by atoms with Crippen LogP contribution in [0.25, 0.3) is 0 Å². The van der Waals surface area contributed by atoms with Gasteiger partial charge in [-0.2, -0.15) is 0 Å². The first-order chi connectivity index (χ1) is 8.54. The molecule has 1 aromatic rings. The highest BCUT2D eigenvalue weighted by atomic mass is 16.5. The molecule has 6 heteroatoms. The normalized spacial score (nSPS) is 10.2. The number of ether oxygens (including phenoxy) is 1. The van der Waals surface area contributed by atoms with Crippen molar-refractivity contribution < 1.29 is 14.3 Å². The number of carbonyl (C=O) groups is 2. The van der Waals surface area contributed by atoms with Crippen molar-refractivity contribution in [3.8, 4) is 0 Å². The molecule has 1 amide bonds. The maximum atomic E-state index is 12.0. The van der Waals surface area contributed by atoms with Crippen LogP contribution in [0.1, 0.15) is 30.2 Å². The molecule has 0 aliphatic rings. The van der Waals surface area contributed by atoms with Gasteiger partial charge in [0.05, 0.1) is 13.3 Å². The van der Waals surface area contributed by atoms with E-state index >= 15 is 0 Å². The Labute approximate surface area is 107 Å². The lowest BCUT2D eigenvalue weighted by molar-refractivity contribution is -0.131. The molecule has 18 heavy (non-hydrogen) atoms. The lowest BCUT2D eigenvalue weighted by Crippen LogP contribution is -2.34. The number of hydrogen-bond donors (Lipinski definition) is 0. The zero-order valence-corrected chi connectivity index (χ0v) is 11.3. The summed E-state index contributed by atoms with van der Waals surface area (Å²) in [7, 11) is 1.31. The summed E-state index contributed by atoms with van der Waals surface area (Å²) in [6.07, 6.45) is 1.43. The lowest BCUT2D eigenvalue weighted by atomic mass is 10.4. The second-order valence-electron chi connectivity index (χ2n) is 3.83. The molecule has 1 rings (SSSR count). The third-order valence-corrected chi connectivity index (χ3v) is 2.86. The highest BCUT2D eigenvalue weighted by Crippen LogP contribution is 2.07. The Morgan fingerprint density at radius 1 is 1.39 bits per heavy atom. The van der Waals surface area contributed by atoms with Crippen LogP contribution in [0.3, 0.4) is 0 Å². The van der Waals surface area contributed by atoms with Crippen molar-refractivity contribution in [3.05, 3.63) is 17.7 Å². The number of amides is 1. The van der Waals surface area contributed by atoms with E-state index in [0.717, 1.165) is 0 Å². The van der Waals surface area contributed by atoms with Gasteiger partial charge in [0.1, 0.15) is 18.1 Å². The maximum Gasteiger partial charge on any atom is 0.356 e. The van der Waals surface area contributed by atoms with E-state index in [4.69, 9.17) is 0 Å². The Bertz CT molecular complexity index is 436. The SMILES string of the molecule is CCN(CC)C(=O)Cn1c(C(=O)OC)cnc1C. The fraction of sp³-hybridized carbons (Fsp3) is 0.583. The number of carbonyl (C=O) groups excluding carboxylic acids is 2. The number of hydrogen-bond acceptors (Lipinski definition) is 4. The van der Waals surface area contributed by atoms with Gasteiger partial charge in [-0.15, -0.1) is 0 Å². The topological polar surface area (TPSA) is 64.4 Å². The van der Waals surface area contributed by atoms with E-state index in [0.29, 0.717) is 24.6 Å². The summed E-state index contributed by atoms with van der Waals surface area (Å²) in [5, 5.41) is 0. The Morgan fingerprint density at radius 3 is 2.50 bits per heavy atom. The van der Waals surface area contributed by atoms with Crippen LogP contribution in [-0.2, 0) is 16.1 Å². The van der Waals surface area contributed by atoms with Gasteiger partial charge in [-0.05, 0) is 20.8 Å². The van der Waals surface area contributed by atoms with Gasteiger partial charge >= 0.3 is 5.97 Å². The summed E-state index contributed by atoms with van der Waals surface area (Å²) < 4.78 is 6.24. The fourth-order valence-electron chi connectivity index (χ4n) is 1.75. The maximum absolute atomic E-state index is 12.0. The van der Waals surface area contributed by atoms with Gasteiger partial charge in [0.15, 0.2) is 0 Å². The number of nitrogens with zero attached hydrogens (tertiary/aromatic N) is 3. The molecule has 0 fully saturated rings. The van der Waals surface area contributed by atoms with Gasteiger partial charge in [0, 0.05) is 13.1 Å². The average molecular weight is 253 g/mol. The van der Waals surface area contributed by atoms with E-state index in [-0.39, 0.29) is 12.5 Å². The largest absolute Gasteiger partial charge is 0.464 e. The van der Waals surface area contributed by atoms with E-state index in [1.54, 1.807) is 16.4 Å². The molecule has 0 aliphatic heterocycles. The Hall–Kier alpha value is -1.85. The monoisotopic (exact) mass is 253 g/mol. The van der Waals surface area contributed by atoms with Gasteiger partial charge in [-0.3, -0.25) is 4.79 Å². The van der Waals surface area contributed by atoms with Gasteiger partial charge in [-0.25, -0.2) is 9.78 Å². The molecule has 100 valence electrons. The highest BCUT2D eigenvalue weighted by molar-refractivity contribution is 5.88. The first kappa shape index (κ1) is 14.2. The molecule has 1 aromatic heterocycles. The van der Waals surface area contributed by atoms with Crippen molar-refractivity contribution >= 4 is 11.9 Å². The molecule has 0 aromatic carbocycles. The van der Waals surface area contributed by atoms with Gasteiger partial charge < -0.3 is 14.2 Å². The molecule has 0 saturated carbocycles. The van der Waals surface area contributed by atoms with Crippen LogP contribution in [0.4, 0.5) is 0 Å². The molecular formula is C12H19N3O3. The molecule has 6 nitrogen and oxygen atoms in total. The number of likely N-dealkylation sites (N-methyl/N-ethyl adjacent to an activating group) is 1. The molecule has 0 N–H and O–H groups in total. The van der Waals surface area contributed by atoms with Crippen LogP contribution in [0.5, 0.6) is 0 Å². The molecule has 0 radical (unpaired) electrons. The molecule has 0 spiro atoms. The van der Waals surface area contributed by atoms with Gasteiger partial charge in [0.2, 0.25) is 5.91 Å². The summed E-state index contributed by atoms with van der Waals surface area (Å²) >= 11 is 0. The molecule has 1 heterocycles. The second kappa shape index (κ2) is 6.18. The number of aromatic nitrogens is 2. The standard InChI is InChI=1S/C12H19N3O3/c1-5-14(6-2)11(16)8-15-9(3)13-7-10(15)12(17)18-4/h7H,5-6,8H2,1-4H3. The first-order valence-electron chi connectivity index (χ1n) is 5.93. The molecule has 0 aliphatic carbocycles. The van der Waals surface area contributed by atoms with Crippen LogP contribution in [0.15, 0.2) is 6.20 Å². The van der Waals surface area contributed by atoms with E-state index in [2.05, 4.69) is 9.72 Å². The molecular weight excluding hydrogens is 234 g/mol. The van der Waals surface area contributed by atoms with E-state index in [1.165, 1.54) is 13.3 Å².